The Labute approximate surface area is 323 Å². The summed E-state index contributed by atoms with van der Waals surface area (Å²) in [4.78, 5) is 6.73. The van der Waals surface area contributed by atoms with Crippen molar-refractivity contribution in [1.29, 1.82) is 10.5 Å². The van der Waals surface area contributed by atoms with Gasteiger partial charge >= 0.3 is 12.2 Å². The van der Waals surface area contributed by atoms with E-state index in [1.807, 2.05) is 0 Å². The number of nitrogens with zero attached hydrogens (tertiary/aromatic N) is 4. The van der Waals surface area contributed by atoms with Gasteiger partial charge < -0.3 is 4.74 Å². The number of hydrogen-bond acceptors (Lipinski definition) is 3. The van der Waals surface area contributed by atoms with E-state index in [2.05, 4.69) is 14.4 Å². The van der Waals surface area contributed by atoms with Gasteiger partial charge in [0.15, 0.2) is 34.9 Å². The lowest BCUT2D eigenvalue weighted by Crippen LogP contribution is -2.25. The van der Waals surface area contributed by atoms with Crippen LogP contribution in [0.25, 0.3) is 43.1 Å². The molecule has 58 heavy (non-hydrogen) atoms. The van der Waals surface area contributed by atoms with E-state index in [-0.39, 0.29) is 84.5 Å². The summed E-state index contributed by atoms with van der Waals surface area (Å²) in [7, 11) is 0. The molecule has 0 aliphatic heterocycles. The number of ether oxygens (including phenoxy) is 1. The molecule has 0 saturated carbocycles. The van der Waals surface area contributed by atoms with Gasteiger partial charge in [-0.25, -0.2) is 26.3 Å². The van der Waals surface area contributed by atoms with Crippen molar-refractivity contribution in [3.8, 4) is 40.1 Å². The molecular formula is C44H19F9N4O. The van der Waals surface area contributed by atoms with E-state index in [4.69, 9.17) is 13.1 Å². The molecule has 284 valence electrons. The fourth-order valence-electron chi connectivity index (χ4n) is 7.53. The van der Waals surface area contributed by atoms with E-state index in [0.717, 1.165) is 17.7 Å². The van der Waals surface area contributed by atoms with Crippen molar-refractivity contribution >= 4 is 11.1 Å². The molecule has 0 fully saturated rings. The van der Waals surface area contributed by atoms with Gasteiger partial charge in [-0.05, 0) is 121 Å². The van der Waals surface area contributed by atoms with Crippen LogP contribution in [0.15, 0.2) is 95.3 Å². The zero-order valence-corrected chi connectivity index (χ0v) is 29.4. The second-order valence-corrected chi connectivity index (χ2v) is 13.1. The molecule has 5 aromatic carbocycles. The fraction of sp³-hybridized carbons (Fsp3) is 0.0909. The van der Waals surface area contributed by atoms with Gasteiger partial charge in [-0.15, -0.1) is 13.2 Å². The lowest BCUT2D eigenvalue weighted by atomic mass is 9.85. The van der Waals surface area contributed by atoms with Gasteiger partial charge in [0.2, 0.25) is 0 Å². The molecular weight excluding hydrogens is 771 g/mol. The Morgan fingerprint density at radius 2 is 1.02 bits per heavy atom. The highest BCUT2D eigenvalue weighted by Crippen LogP contribution is 2.43. The molecule has 0 amide bonds. The number of halogens is 9. The third kappa shape index (κ3) is 6.51. The van der Waals surface area contributed by atoms with Gasteiger partial charge in [0.25, 0.3) is 0 Å². The standard InChI is InChI=1S/C44H19F9N4O/c1-20-4-6-21(7-5-20)35-29-17-30(43(56-2)57-3)38(24-14-33(47)42(50)34(48)15-24)40(29)36(22-8-10-26(11-9-22)58-44(51,52)53)28-16-27(25(18-54)19-55)37(39(28)35)23-12-31(45)41(49)32(46)13-23/h4-15H,16-17H2,1H3. The van der Waals surface area contributed by atoms with E-state index >= 15 is 17.6 Å². The van der Waals surface area contributed by atoms with Crippen LogP contribution >= 0.6 is 0 Å². The topological polar surface area (TPSA) is 65.5 Å². The predicted molar refractivity (Wildman–Crippen MR) is 192 cm³/mol. The Kier molecular flexibility index (Phi) is 9.68. The highest BCUT2D eigenvalue weighted by Gasteiger charge is 2.38. The van der Waals surface area contributed by atoms with E-state index in [1.54, 1.807) is 43.3 Å². The van der Waals surface area contributed by atoms with Crippen LogP contribution in [-0.2, 0) is 12.8 Å². The second-order valence-electron chi connectivity index (χ2n) is 13.1. The van der Waals surface area contributed by atoms with Gasteiger partial charge in [0, 0.05) is 6.42 Å². The van der Waals surface area contributed by atoms with Crippen LogP contribution in [0.3, 0.4) is 0 Å². The zero-order valence-electron chi connectivity index (χ0n) is 29.4. The summed E-state index contributed by atoms with van der Waals surface area (Å²) in [5, 5.41) is 20.6. The van der Waals surface area contributed by atoms with Gasteiger partial charge in [0.1, 0.15) is 36.6 Å². The summed E-state index contributed by atoms with van der Waals surface area (Å²) >= 11 is 0. The van der Waals surface area contributed by atoms with E-state index in [1.165, 1.54) is 12.1 Å². The first-order chi connectivity index (χ1) is 27.6. The Hall–Kier alpha value is -7.55. The molecule has 5 nitrogen and oxygen atoms in total. The first kappa shape index (κ1) is 38.7. The average molecular weight is 791 g/mol. The molecule has 0 N–H and O–H groups in total. The van der Waals surface area contributed by atoms with Crippen LogP contribution in [0.1, 0.15) is 27.8 Å². The maximum atomic E-state index is 15.1. The van der Waals surface area contributed by atoms with Crippen molar-refractivity contribution in [3.05, 3.63) is 191 Å². The molecule has 0 saturated heterocycles. The lowest BCUT2D eigenvalue weighted by Gasteiger charge is -2.18. The minimum atomic E-state index is -5.08. The van der Waals surface area contributed by atoms with Gasteiger partial charge in [-0.3, -0.25) is 0 Å². The van der Waals surface area contributed by atoms with Crippen molar-refractivity contribution in [2.75, 3.05) is 0 Å². The Balaban J connectivity index is 1.83. The molecule has 0 radical (unpaired) electrons. The van der Waals surface area contributed by atoms with Crippen molar-refractivity contribution in [2.45, 2.75) is 26.1 Å². The first-order valence-electron chi connectivity index (χ1n) is 16.8. The smallest absolute Gasteiger partial charge is 0.406 e. The Morgan fingerprint density at radius 1 is 0.621 bits per heavy atom. The van der Waals surface area contributed by atoms with Gasteiger partial charge in [-0.2, -0.15) is 20.2 Å². The molecule has 0 unspecified atom stereocenters. The highest BCUT2D eigenvalue weighted by molar-refractivity contribution is 5.98. The number of nitriles is 2. The van der Waals surface area contributed by atoms with Crippen molar-refractivity contribution in [2.24, 2.45) is 0 Å². The number of benzene rings is 5. The van der Waals surface area contributed by atoms with Crippen LogP contribution in [0, 0.1) is 77.6 Å². The van der Waals surface area contributed by atoms with Crippen molar-refractivity contribution in [1.82, 2.24) is 0 Å². The van der Waals surface area contributed by atoms with Crippen LogP contribution < -0.4 is 15.2 Å². The molecule has 0 heterocycles. The zero-order chi connectivity index (χ0) is 41.8. The molecule has 0 spiro atoms. The maximum absolute atomic E-state index is 15.1. The summed E-state index contributed by atoms with van der Waals surface area (Å²) < 4.78 is 133. The SMILES string of the molecule is [C-]#[N+]C([N+]#[C-])=C1Cc2c(-c3ccc(C)cc3)c3c(c(-c4ccc(OC(F)(F)F)cc4)c2=C1c1cc(F)c(F)c(F)c1)CC(=C(C#N)C#N)C=3c1cc(F)c(F)c(F)c1. The quantitative estimate of drug-likeness (QED) is 0.0771. The van der Waals surface area contributed by atoms with E-state index < -0.39 is 58.4 Å². The third-order valence-electron chi connectivity index (χ3n) is 9.79. The second kappa shape index (κ2) is 14.5. The summed E-state index contributed by atoms with van der Waals surface area (Å²) in [6.45, 7) is 17.5. The first-order valence-corrected chi connectivity index (χ1v) is 16.8. The van der Waals surface area contributed by atoms with Gasteiger partial charge in [-0.1, -0.05) is 42.0 Å². The Morgan fingerprint density at radius 3 is 1.41 bits per heavy atom. The minimum absolute atomic E-state index is 0.0633. The number of fused-ring (bicyclic) bond motifs is 2. The number of allylic oxidation sites excluding steroid dienone is 3. The van der Waals surface area contributed by atoms with Crippen LogP contribution in [0.2, 0.25) is 0 Å². The number of alkyl halides is 3. The van der Waals surface area contributed by atoms with Crippen molar-refractivity contribution < 1.29 is 44.3 Å². The highest BCUT2D eigenvalue weighted by atomic mass is 19.4. The summed E-state index contributed by atoms with van der Waals surface area (Å²) in [5.74, 6) is -11.3. The minimum Gasteiger partial charge on any atom is -0.406 e. The van der Waals surface area contributed by atoms with E-state index in [0.29, 0.717) is 29.8 Å². The van der Waals surface area contributed by atoms with Crippen LogP contribution in [0.4, 0.5) is 39.5 Å². The number of hydrogen-bond donors (Lipinski definition) is 0. The molecule has 2 aliphatic carbocycles. The predicted octanol–water partition coefficient (Wildman–Crippen LogP) is 9.97. The molecule has 0 atom stereocenters. The number of rotatable bonds is 5. The molecule has 5 aromatic rings. The third-order valence-corrected chi connectivity index (χ3v) is 9.79. The van der Waals surface area contributed by atoms with Crippen molar-refractivity contribution in [3.63, 3.8) is 0 Å². The molecule has 14 heteroatoms. The normalized spacial score (nSPS) is 13.0. The molecule has 7 rings (SSSR count). The van der Waals surface area contributed by atoms with Crippen LogP contribution in [0.5, 0.6) is 5.75 Å². The lowest BCUT2D eigenvalue weighted by molar-refractivity contribution is -0.274. The summed E-state index contributed by atoms with van der Waals surface area (Å²) in [5.41, 5.74) is 0.598. The summed E-state index contributed by atoms with van der Waals surface area (Å²) in [6.07, 6.45) is -5.78. The van der Waals surface area contributed by atoms with E-state index in [9.17, 15) is 32.5 Å². The monoisotopic (exact) mass is 790 g/mol. The van der Waals surface area contributed by atoms with Gasteiger partial charge in [0.05, 0.1) is 5.57 Å². The molecule has 0 bridgehead atoms. The Bertz CT molecular complexity index is 2930. The molecule has 2 aliphatic rings. The number of aryl methyl sites for hydroxylation is 1. The maximum Gasteiger partial charge on any atom is 0.573 e. The largest absolute Gasteiger partial charge is 0.573 e. The summed E-state index contributed by atoms with van der Waals surface area (Å²) in [6, 6.07) is 17.4. The average Bonchev–Trinajstić information content (AvgIpc) is 3.75. The van der Waals surface area contributed by atoms with Crippen LogP contribution in [-0.4, -0.2) is 6.36 Å². The fourth-order valence-corrected chi connectivity index (χ4v) is 7.53. The molecule has 0 aromatic heterocycles.